The molecule has 9 nitrogen and oxygen atoms in total. The van der Waals surface area contributed by atoms with Crippen LogP contribution in [-0.2, 0) is 14.3 Å². The number of hydrogen-bond donors (Lipinski definition) is 2. The Morgan fingerprint density at radius 3 is 2.59 bits per heavy atom. The van der Waals surface area contributed by atoms with Crippen LogP contribution >= 0.6 is 11.6 Å². The fraction of sp³-hybridized carbons (Fsp3) is 0.429. The van der Waals surface area contributed by atoms with E-state index in [0.29, 0.717) is 39.1 Å². The molecule has 0 bridgehead atoms. The summed E-state index contributed by atoms with van der Waals surface area (Å²) < 4.78 is 26.2. The number of carbonyl (C=O) groups is 1. The molecule has 5 rings (SSSR count). The summed E-state index contributed by atoms with van der Waals surface area (Å²) in [7, 11) is 0. The molecule has 3 aliphatic rings. The van der Waals surface area contributed by atoms with Crippen LogP contribution in [-0.4, -0.2) is 48.0 Å². The minimum atomic E-state index is -1.34. The van der Waals surface area contributed by atoms with Gasteiger partial charge < -0.3 is 19.7 Å². The van der Waals surface area contributed by atoms with Crippen molar-refractivity contribution in [3.63, 3.8) is 0 Å². The van der Waals surface area contributed by atoms with Gasteiger partial charge in [0.05, 0.1) is 24.8 Å². The lowest BCUT2D eigenvalue weighted by molar-refractivity contribution is -0.169. The number of amides is 1. The van der Waals surface area contributed by atoms with Crippen molar-refractivity contribution in [3.8, 4) is 6.07 Å². The van der Waals surface area contributed by atoms with E-state index in [1.807, 2.05) is 11.0 Å². The normalized spacial score (nSPS) is 24.2. The van der Waals surface area contributed by atoms with Gasteiger partial charge in [0, 0.05) is 42.4 Å². The fourth-order valence-corrected chi connectivity index (χ4v) is 4.89. The number of hydrogen-bond acceptors (Lipinski definition) is 7. The summed E-state index contributed by atoms with van der Waals surface area (Å²) in [5, 5.41) is 12.2. The van der Waals surface area contributed by atoms with Crippen LogP contribution in [0, 0.1) is 23.1 Å². The first-order valence-corrected chi connectivity index (χ1v) is 10.6. The Morgan fingerprint density at radius 2 is 1.94 bits per heavy atom. The van der Waals surface area contributed by atoms with Gasteiger partial charge in [0.15, 0.2) is 5.79 Å². The average Bonchev–Trinajstić information content (AvgIpc) is 3.21. The van der Waals surface area contributed by atoms with E-state index < -0.39 is 34.9 Å². The van der Waals surface area contributed by atoms with E-state index in [0.717, 1.165) is 0 Å². The smallest absolute Gasteiger partial charge is 0.258 e. The average molecular weight is 460 g/mol. The van der Waals surface area contributed by atoms with Gasteiger partial charge in [-0.15, -0.1) is 0 Å². The molecule has 0 radical (unpaired) electrons. The Kier molecular flexibility index (Phi) is 5.12. The maximum absolute atomic E-state index is 14.7. The number of rotatable bonds is 2. The number of aromatic nitrogens is 2. The van der Waals surface area contributed by atoms with Crippen LogP contribution < -0.4 is 15.8 Å². The molecule has 1 spiro atoms. The number of aromatic amines is 1. The van der Waals surface area contributed by atoms with Crippen molar-refractivity contribution in [3.05, 3.63) is 50.5 Å². The molecule has 1 aromatic heterocycles. The quantitative estimate of drug-likeness (QED) is 0.705. The van der Waals surface area contributed by atoms with E-state index in [1.54, 1.807) is 0 Å². The number of H-pyrrole nitrogens is 1. The molecule has 2 N–H and O–H groups in total. The van der Waals surface area contributed by atoms with Crippen LogP contribution in [0.25, 0.3) is 0 Å². The highest BCUT2D eigenvalue weighted by Crippen LogP contribution is 2.42. The Morgan fingerprint density at radius 1 is 1.22 bits per heavy atom. The summed E-state index contributed by atoms with van der Waals surface area (Å²) >= 11 is 6.22. The monoisotopic (exact) mass is 459 g/mol. The topological polar surface area (TPSA) is 120 Å². The van der Waals surface area contributed by atoms with Gasteiger partial charge in [0.25, 0.3) is 5.56 Å². The van der Waals surface area contributed by atoms with E-state index in [1.165, 1.54) is 18.2 Å². The zero-order chi connectivity index (χ0) is 22.5. The highest BCUT2D eigenvalue weighted by molar-refractivity contribution is 6.31. The number of benzene rings is 1. The van der Waals surface area contributed by atoms with Crippen molar-refractivity contribution in [2.24, 2.45) is 5.92 Å². The molecule has 3 aliphatic heterocycles. The standard InChI is InChI=1S/C21H19ClFN5O4/c22-12-2-1-3-13(23)15(12)14-11(10-24)18(29)25-17-16(14)19(30)27-20(26-17)28-6-4-21(5-7-28)31-8-9-32-21/h1-3,11,14H,4-9H2,(H2,25,26,27,29,30). The van der Waals surface area contributed by atoms with Gasteiger partial charge >= 0.3 is 0 Å². The first kappa shape index (κ1) is 20.9. The van der Waals surface area contributed by atoms with Gasteiger partial charge in [-0.1, -0.05) is 17.7 Å². The lowest BCUT2D eigenvalue weighted by Gasteiger charge is -2.38. The van der Waals surface area contributed by atoms with E-state index in [2.05, 4.69) is 15.3 Å². The van der Waals surface area contributed by atoms with E-state index >= 15 is 0 Å². The van der Waals surface area contributed by atoms with Crippen LogP contribution in [0.5, 0.6) is 0 Å². The molecular weight excluding hydrogens is 441 g/mol. The maximum Gasteiger partial charge on any atom is 0.258 e. The molecule has 4 heterocycles. The second-order valence-electron chi connectivity index (χ2n) is 7.96. The van der Waals surface area contributed by atoms with Crippen LogP contribution in [0.1, 0.15) is 29.9 Å². The van der Waals surface area contributed by atoms with Crippen molar-refractivity contribution in [1.29, 1.82) is 5.26 Å². The fourth-order valence-electron chi connectivity index (χ4n) is 4.61. The molecule has 1 amide bonds. The molecule has 2 fully saturated rings. The number of anilines is 2. The summed E-state index contributed by atoms with van der Waals surface area (Å²) in [6, 6.07) is 5.92. The molecule has 0 aliphatic carbocycles. The minimum Gasteiger partial charge on any atom is -0.347 e. The number of nitrogens with one attached hydrogen (secondary N) is 2. The van der Waals surface area contributed by atoms with Crippen LogP contribution in [0.2, 0.25) is 5.02 Å². The molecule has 1 aromatic carbocycles. The molecule has 11 heteroatoms. The third-order valence-electron chi connectivity index (χ3n) is 6.20. The van der Waals surface area contributed by atoms with Crippen LogP contribution in [0.15, 0.2) is 23.0 Å². The zero-order valence-electron chi connectivity index (χ0n) is 16.9. The molecule has 2 atom stereocenters. The third kappa shape index (κ3) is 3.33. The van der Waals surface area contributed by atoms with Crippen LogP contribution in [0.3, 0.4) is 0 Å². The van der Waals surface area contributed by atoms with Gasteiger partial charge in [0.1, 0.15) is 17.6 Å². The molecule has 2 aromatic rings. The minimum absolute atomic E-state index is 0.00165. The maximum atomic E-state index is 14.7. The van der Waals surface area contributed by atoms with Gasteiger partial charge in [0.2, 0.25) is 11.9 Å². The zero-order valence-corrected chi connectivity index (χ0v) is 17.6. The number of nitriles is 1. The number of halogens is 2. The predicted molar refractivity (Wildman–Crippen MR) is 112 cm³/mol. The highest BCUT2D eigenvalue weighted by Gasteiger charge is 2.44. The lowest BCUT2D eigenvalue weighted by atomic mass is 9.79. The van der Waals surface area contributed by atoms with Crippen molar-refractivity contribution in [1.82, 2.24) is 9.97 Å². The Hall–Kier alpha value is -3.00. The predicted octanol–water partition coefficient (Wildman–Crippen LogP) is 2.13. The summed E-state index contributed by atoms with van der Waals surface area (Å²) in [5.41, 5.74) is -0.640. The number of fused-ring (bicyclic) bond motifs is 1. The SMILES string of the molecule is N#CC1C(=O)Nc2nc(N3CCC4(CC3)OCCO4)[nH]c(=O)c2C1c1c(F)cccc1Cl. The first-order chi connectivity index (χ1) is 15.4. The third-order valence-corrected chi connectivity index (χ3v) is 6.53. The molecule has 2 unspecified atom stereocenters. The summed E-state index contributed by atoms with van der Waals surface area (Å²) in [4.78, 5) is 34.9. The summed E-state index contributed by atoms with van der Waals surface area (Å²) in [5.74, 6) is -4.21. The lowest BCUT2D eigenvalue weighted by Crippen LogP contribution is -2.46. The summed E-state index contributed by atoms with van der Waals surface area (Å²) in [6.07, 6.45) is 1.20. The van der Waals surface area contributed by atoms with Gasteiger partial charge in [-0.05, 0) is 12.1 Å². The Bertz CT molecular complexity index is 1160. The van der Waals surface area contributed by atoms with Crippen molar-refractivity contribution in [2.45, 2.75) is 24.5 Å². The van der Waals surface area contributed by atoms with Gasteiger partial charge in [-0.2, -0.15) is 10.2 Å². The number of nitrogens with zero attached hydrogens (tertiary/aromatic N) is 3. The second kappa shape index (κ2) is 7.85. The number of piperidine rings is 1. The van der Waals surface area contributed by atoms with E-state index in [-0.39, 0.29) is 27.9 Å². The Balaban J connectivity index is 1.55. The van der Waals surface area contributed by atoms with Crippen LogP contribution in [0.4, 0.5) is 16.2 Å². The number of carbonyl (C=O) groups excluding carboxylic acids is 1. The molecule has 32 heavy (non-hydrogen) atoms. The molecule has 166 valence electrons. The van der Waals surface area contributed by atoms with Crippen molar-refractivity contribution < 1.29 is 18.7 Å². The van der Waals surface area contributed by atoms with Crippen molar-refractivity contribution in [2.75, 3.05) is 36.5 Å². The second-order valence-corrected chi connectivity index (χ2v) is 8.36. The summed E-state index contributed by atoms with van der Waals surface area (Å²) in [6.45, 7) is 2.16. The van der Waals surface area contributed by atoms with E-state index in [9.17, 15) is 19.2 Å². The molecular formula is C21H19ClFN5O4. The van der Waals surface area contributed by atoms with Gasteiger partial charge in [-0.25, -0.2) is 4.39 Å². The Labute approximate surface area is 187 Å². The van der Waals surface area contributed by atoms with Gasteiger partial charge in [-0.3, -0.25) is 14.6 Å². The first-order valence-electron chi connectivity index (χ1n) is 10.2. The highest BCUT2D eigenvalue weighted by atomic mass is 35.5. The molecule has 2 saturated heterocycles. The largest absolute Gasteiger partial charge is 0.347 e. The number of ether oxygens (including phenoxy) is 2. The van der Waals surface area contributed by atoms with Crippen molar-refractivity contribution >= 4 is 29.3 Å². The van der Waals surface area contributed by atoms with E-state index in [4.69, 9.17) is 21.1 Å². The molecule has 0 saturated carbocycles.